The smallest absolute Gasteiger partial charge is 0.261 e. The van der Waals surface area contributed by atoms with Crippen LogP contribution in [0, 0.1) is 0 Å². The van der Waals surface area contributed by atoms with Gasteiger partial charge in [0.05, 0.1) is 10.6 Å². The first-order valence-electron chi connectivity index (χ1n) is 8.16. The molecule has 0 unspecified atom stereocenters. The van der Waals surface area contributed by atoms with Crippen molar-refractivity contribution in [2.45, 2.75) is 11.8 Å². The van der Waals surface area contributed by atoms with Crippen LogP contribution in [0.2, 0.25) is 5.02 Å². The molecule has 0 saturated carbocycles. The minimum absolute atomic E-state index is 0.0326. The number of hydrogen-bond acceptors (Lipinski definition) is 5. The van der Waals surface area contributed by atoms with Crippen LogP contribution in [0.1, 0.15) is 33.2 Å². The van der Waals surface area contributed by atoms with E-state index >= 15 is 0 Å². The third kappa shape index (κ3) is 4.27. The fraction of sp³-hybridized carbons (Fsp3) is 0.0500. The molecule has 1 heterocycles. The molecule has 142 valence electrons. The maximum absolute atomic E-state index is 12.8. The normalized spacial score (nSPS) is 11.1. The van der Waals surface area contributed by atoms with E-state index in [0.717, 1.165) is 0 Å². The largest absolute Gasteiger partial charge is 0.295 e. The van der Waals surface area contributed by atoms with Crippen molar-refractivity contribution in [2.75, 3.05) is 4.72 Å². The average molecular weight is 415 g/mol. The highest BCUT2D eigenvalue weighted by molar-refractivity contribution is 7.92. The van der Waals surface area contributed by atoms with Gasteiger partial charge in [0.2, 0.25) is 0 Å². The van der Waals surface area contributed by atoms with E-state index in [2.05, 4.69) is 9.71 Å². The molecule has 0 aliphatic heterocycles. The Balaban J connectivity index is 1.98. The summed E-state index contributed by atoms with van der Waals surface area (Å²) >= 11 is 6.01. The predicted molar refractivity (Wildman–Crippen MR) is 106 cm³/mol. The van der Waals surface area contributed by atoms with Crippen LogP contribution in [-0.2, 0) is 10.0 Å². The lowest BCUT2D eigenvalue weighted by Gasteiger charge is -2.13. The summed E-state index contributed by atoms with van der Waals surface area (Å²) in [7, 11) is -3.98. The van der Waals surface area contributed by atoms with E-state index in [4.69, 9.17) is 11.6 Å². The van der Waals surface area contributed by atoms with Crippen molar-refractivity contribution in [3.63, 3.8) is 0 Å². The fourth-order valence-electron chi connectivity index (χ4n) is 2.52. The lowest BCUT2D eigenvalue weighted by molar-refractivity contribution is 0.101. The molecule has 0 spiro atoms. The highest BCUT2D eigenvalue weighted by Gasteiger charge is 2.20. The number of aromatic nitrogens is 1. The Bertz CT molecular complexity index is 1140. The monoisotopic (exact) mass is 414 g/mol. The van der Waals surface area contributed by atoms with Crippen LogP contribution < -0.4 is 4.72 Å². The number of carbonyl (C=O) groups is 2. The molecule has 8 heteroatoms. The van der Waals surface area contributed by atoms with Crippen LogP contribution >= 0.6 is 11.6 Å². The maximum atomic E-state index is 12.8. The summed E-state index contributed by atoms with van der Waals surface area (Å²) in [5.74, 6) is -0.561. The second kappa shape index (κ2) is 7.92. The molecule has 3 aromatic rings. The summed E-state index contributed by atoms with van der Waals surface area (Å²) in [6.07, 6.45) is 2.94. The predicted octanol–water partition coefficient (Wildman–Crippen LogP) is 3.97. The third-order valence-corrected chi connectivity index (χ3v) is 5.60. The van der Waals surface area contributed by atoms with Gasteiger partial charge >= 0.3 is 0 Å². The van der Waals surface area contributed by atoms with Crippen LogP contribution in [0.4, 0.5) is 5.69 Å². The van der Waals surface area contributed by atoms with Crippen LogP contribution in [0.15, 0.2) is 71.9 Å². The van der Waals surface area contributed by atoms with E-state index < -0.39 is 15.8 Å². The average Bonchev–Trinajstić information content (AvgIpc) is 2.69. The van der Waals surface area contributed by atoms with Gasteiger partial charge in [0.15, 0.2) is 11.6 Å². The number of carbonyl (C=O) groups excluding carboxylic acids is 2. The fourth-order valence-corrected chi connectivity index (χ4v) is 3.78. The van der Waals surface area contributed by atoms with Crippen LogP contribution in [0.5, 0.6) is 0 Å². The van der Waals surface area contributed by atoms with Crippen molar-refractivity contribution in [1.29, 1.82) is 0 Å². The second-order valence-corrected chi connectivity index (χ2v) is 8.06. The molecule has 0 aliphatic carbocycles. The number of sulfonamides is 1. The Labute approximate surface area is 167 Å². The van der Waals surface area contributed by atoms with Crippen molar-refractivity contribution < 1.29 is 18.0 Å². The van der Waals surface area contributed by atoms with Gasteiger partial charge < -0.3 is 0 Å². The SMILES string of the molecule is CC(=O)c1ccc(S(=O)(=O)Nc2ccc(Cl)cc2C(=O)c2ccncc2)cc1. The van der Waals surface area contributed by atoms with Crippen LogP contribution in [0.25, 0.3) is 0 Å². The molecule has 0 fully saturated rings. The molecule has 3 rings (SSSR count). The van der Waals surface area contributed by atoms with E-state index in [0.29, 0.717) is 16.1 Å². The molecule has 1 N–H and O–H groups in total. The summed E-state index contributed by atoms with van der Waals surface area (Å²) in [4.78, 5) is 28.0. The molecule has 0 bridgehead atoms. The zero-order valence-corrected chi connectivity index (χ0v) is 16.3. The molecular formula is C20H15ClN2O4S. The van der Waals surface area contributed by atoms with E-state index in [-0.39, 0.29) is 21.9 Å². The number of benzene rings is 2. The van der Waals surface area contributed by atoms with Crippen LogP contribution in [0.3, 0.4) is 0 Å². The minimum Gasteiger partial charge on any atom is -0.295 e. The number of halogens is 1. The van der Waals surface area contributed by atoms with Crippen molar-refractivity contribution in [3.05, 3.63) is 88.7 Å². The van der Waals surface area contributed by atoms with E-state index in [1.54, 1.807) is 0 Å². The van der Waals surface area contributed by atoms with Crippen LogP contribution in [-0.4, -0.2) is 25.0 Å². The first-order valence-corrected chi connectivity index (χ1v) is 10.0. The molecule has 2 aromatic carbocycles. The molecule has 1 aromatic heterocycles. The zero-order valence-electron chi connectivity index (χ0n) is 14.7. The summed E-state index contributed by atoms with van der Waals surface area (Å²) in [6.45, 7) is 1.40. The van der Waals surface area contributed by atoms with Gasteiger partial charge in [0.25, 0.3) is 10.0 Å². The number of rotatable bonds is 6. The van der Waals surface area contributed by atoms with Gasteiger partial charge in [0.1, 0.15) is 0 Å². The first-order chi connectivity index (χ1) is 13.3. The Morgan fingerprint density at radius 2 is 1.57 bits per heavy atom. The van der Waals surface area contributed by atoms with Gasteiger partial charge in [-0.2, -0.15) is 0 Å². The van der Waals surface area contributed by atoms with Gasteiger partial charge in [-0.25, -0.2) is 8.42 Å². The van der Waals surface area contributed by atoms with E-state index in [1.807, 2.05) is 0 Å². The summed E-state index contributed by atoms with van der Waals surface area (Å²) in [6, 6.07) is 12.9. The molecule has 0 atom stereocenters. The van der Waals surface area contributed by atoms with Crippen molar-refractivity contribution in [3.8, 4) is 0 Å². The quantitative estimate of drug-likeness (QED) is 0.616. The number of Topliss-reactive ketones (excluding diaryl/α,β-unsaturated/α-hetero) is 1. The Kier molecular flexibility index (Phi) is 5.58. The number of hydrogen-bond donors (Lipinski definition) is 1. The Morgan fingerprint density at radius 3 is 2.18 bits per heavy atom. The molecular weight excluding hydrogens is 400 g/mol. The van der Waals surface area contributed by atoms with E-state index in [1.165, 1.54) is 73.9 Å². The molecule has 0 radical (unpaired) electrons. The first kappa shape index (κ1) is 19.7. The van der Waals surface area contributed by atoms with Gasteiger partial charge in [0, 0.05) is 34.1 Å². The number of pyridine rings is 1. The zero-order chi connectivity index (χ0) is 20.3. The highest BCUT2D eigenvalue weighted by atomic mass is 35.5. The van der Waals surface area contributed by atoms with Gasteiger partial charge in [-0.1, -0.05) is 23.7 Å². The Morgan fingerprint density at radius 1 is 0.929 bits per heavy atom. The summed E-state index contributed by atoms with van der Waals surface area (Å²) < 4.78 is 27.9. The molecule has 0 amide bonds. The lowest BCUT2D eigenvalue weighted by atomic mass is 10.0. The van der Waals surface area contributed by atoms with Gasteiger partial charge in [-0.15, -0.1) is 0 Å². The highest BCUT2D eigenvalue weighted by Crippen LogP contribution is 2.26. The van der Waals surface area contributed by atoms with E-state index in [9.17, 15) is 18.0 Å². The number of nitrogens with one attached hydrogen (secondary N) is 1. The molecule has 0 saturated heterocycles. The third-order valence-electron chi connectivity index (χ3n) is 3.98. The van der Waals surface area contributed by atoms with Gasteiger partial charge in [-0.3, -0.25) is 19.3 Å². The minimum atomic E-state index is -3.98. The molecule has 0 aliphatic rings. The summed E-state index contributed by atoms with van der Waals surface area (Å²) in [5.41, 5.74) is 0.965. The lowest BCUT2D eigenvalue weighted by Crippen LogP contribution is -2.16. The standard InChI is InChI=1S/C20H15ClN2O4S/c1-13(24)14-2-5-17(6-3-14)28(26,27)23-19-7-4-16(21)12-18(19)20(25)15-8-10-22-11-9-15/h2-12,23H,1H3. The van der Waals surface area contributed by atoms with Crippen molar-refractivity contribution >= 4 is 38.9 Å². The number of ketones is 2. The second-order valence-electron chi connectivity index (χ2n) is 5.94. The number of nitrogens with zero attached hydrogens (tertiary/aromatic N) is 1. The topological polar surface area (TPSA) is 93.2 Å². The van der Waals surface area contributed by atoms with Crippen molar-refractivity contribution in [2.24, 2.45) is 0 Å². The van der Waals surface area contributed by atoms with Gasteiger partial charge in [-0.05, 0) is 49.4 Å². The number of anilines is 1. The molecule has 28 heavy (non-hydrogen) atoms. The molecule has 6 nitrogen and oxygen atoms in total. The summed E-state index contributed by atoms with van der Waals surface area (Å²) in [5, 5.41) is 0.297. The van der Waals surface area contributed by atoms with Crippen molar-refractivity contribution in [1.82, 2.24) is 4.98 Å². The maximum Gasteiger partial charge on any atom is 0.261 e. The Hall–Kier alpha value is -3.03.